The third kappa shape index (κ3) is 2.58. The molecular weight excluding hydrogens is 306 g/mol. The molecule has 1 saturated carbocycles. The predicted octanol–water partition coefficient (Wildman–Crippen LogP) is 3.40. The van der Waals surface area contributed by atoms with Crippen LogP contribution in [0.15, 0.2) is 27.2 Å². The third-order valence-electron chi connectivity index (χ3n) is 3.69. The van der Waals surface area contributed by atoms with E-state index < -0.39 is 0 Å². The monoisotopic (exact) mass is 321 g/mol. The average molecular weight is 322 g/mol. The zero-order valence-corrected chi connectivity index (χ0v) is 12.4. The molecule has 3 rings (SSSR count). The van der Waals surface area contributed by atoms with Crippen LogP contribution in [0.3, 0.4) is 0 Å². The number of rotatable bonds is 2. The van der Waals surface area contributed by atoms with Crippen molar-refractivity contribution < 1.29 is 4.52 Å². The fourth-order valence-corrected chi connectivity index (χ4v) is 2.87. The van der Waals surface area contributed by atoms with E-state index in [0.29, 0.717) is 11.7 Å². The molecule has 100 valence electrons. The Hall–Kier alpha value is -1.20. The van der Waals surface area contributed by atoms with Gasteiger partial charge in [0.15, 0.2) is 0 Å². The van der Waals surface area contributed by atoms with Gasteiger partial charge in [0, 0.05) is 22.0 Å². The quantitative estimate of drug-likeness (QED) is 0.920. The molecule has 4 nitrogen and oxygen atoms in total. The van der Waals surface area contributed by atoms with Crippen LogP contribution >= 0.6 is 15.9 Å². The summed E-state index contributed by atoms with van der Waals surface area (Å²) in [5.41, 5.74) is 8.08. The normalized spacial score (nSPS) is 22.9. The van der Waals surface area contributed by atoms with Crippen LogP contribution in [0.5, 0.6) is 0 Å². The Morgan fingerprint density at radius 3 is 2.89 bits per heavy atom. The Bertz CT molecular complexity index is 596. The van der Waals surface area contributed by atoms with E-state index in [-0.39, 0.29) is 6.04 Å². The predicted molar refractivity (Wildman–Crippen MR) is 76.7 cm³/mol. The van der Waals surface area contributed by atoms with Gasteiger partial charge in [0.1, 0.15) is 0 Å². The minimum Gasteiger partial charge on any atom is -0.339 e. The van der Waals surface area contributed by atoms with E-state index in [0.717, 1.165) is 35.2 Å². The Morgan fingerprint density at radius 2 is 2.21 bits per heavy atom. The maximum Gasteiger partial charge on any atom is 0.230 e. The van der Waals surface area contributed by atoms with E-state index in [1.54, 1.807) is 0 Å². The summed E-state index contributed by atoms with van der Waals surface area (Å²) in [5.74, 6) is 1.70. The van der Waals surface area contributed by atoms with Crippen LogP contribution in [0.25, 0.3) is 11.4 Å². The highest BCUT2D eigenvalue weighted by atomic mass is 79.9. The molecular formula is C14H16BrN3O. The Morgan fingerprint density at radius 1 is 1.37 bits per heavy atom. The second-order valence-electron chi connectivity index (χ2n) is 5.19. The van der Waals surface area contributed by atoms with E-state index in [9.17, 15) is 0 Å². The van der Waals surface area contributed by atoms with Crippen molar-refractivity contribution in [2.45, 2.75) is 38.1 Å². The number of nitrogens with zero attached hydrogens (tertiary/aromatic N) is 2. The van der Waals surface area contributed by atoms with Crippen LogP contribution in [-0.2, 0) is 0 Å². The zero-order chi connectivity index (χ0) is 13.4. The van der Waals surface area contributed by atoms with Crippen LogP contribution in [0.1, 0.15) is 36.6 Å². The fraction of sp³-hybridized carbons (Fsp3) is 0.429. The maximum absolute atomic E-state index is 5.92. The van der Waals surface area contributed by atoms with Gasteiger partial charge in [-0.2, -0.15) is 4.98 Å². The summed E-state index contributed by atoms with van der Waals surface area (Å²) < 4.78 is 6.44. The summed E-state index contributed by atoms with van der Waals surface area (Å²) in [6.45, 7) is 2.05. The summed E-state index contributed by atoms with van der Waals surface area (Å²) in [4.78, 5) is 4.51. The van der Waals surface area contributed by atoms with Gasteiger partial charge < -0.3 is 10.3 Å². The van der Waals surface area contributed by atoms with Crippen molar-refractivity contribution in [3.05, 3.63) is 34.1 Å². The molecule has 1 aliphatic rings. The van der Waals surface area contributed by atoms with Crippen molar-refractivity contribution in [3.8, 4) is 11.4 Å². The summed E-state index contributed by atoms with van der Waals surface area (Å²) >= 11 is 3.52. The van der Waals surface area contributed by atoms with E-state index in [2.05, 4.69) is 33.0 Å². The number of nitrogens with two attached hydrogens (primary N) is 1. The highest BCUT2D eigenvalue weighted by molar-refractivity contribution is 9.10. The number of hydrogen-bond donors (Lipinski definition) is 1. The van der Waals surface area contributed by atoms with Gasteiger partial charge in [0.25, 0.3) is 0 Å². The summed E-state index contributed by atoms with van der Waals surface area (Å²) in [6, 6.07) is 6.34. The Balaban J connectivity index is 1.86. The molecule has 0 saturated heterocycles. The van der Waals surface area contributed by atoms with Gasteiger partial charge in [0.05, 0.1) is 0 Å². The topological polar surface area (TPSA) is 64.9 Å². The zero-order valence-electron chi connectivity index (χ0n) is 10.8. The molecule has 0 unspecified atom stereocenters. The summed E-state index contributed by atoms with van der Waals surface area (Å²) in [5, 5.41) is 4.08. The minimum absolute atomic E-state index is 0.272. The SMILES string of the molecule is Cc1ccc(-c2noc([C@@H]3CC[C@H](N)C3)n2)cc1Br. The molecule has 0 amide bonds. The van der Waals surface area contributed by atoms with Crippen molar-refractivity contribution in [1.82, 2.24) is 10.1 Å². The minimum atomic E-state index is 0.272. The number of halogens is 1. The van der Waals surface area contributed by atoms with E-state index >= 15 is 0 Å². The van der Waals surface area contributed by atoms with Crippen LogP contribution in [0.4, 0.5) is 0 Å². The summed E-state index contributed by atoms with van der Waals surface area (Å²) in [6.07, 6.45) is 3.03. The first-order valence-electron chi connectivity index (χ1n) is 6.49. The molecule has 0 spiro atoms. The lowest BCUT2D eigenvalue weighted by Gasteiger charge is -2.02. The number of benzene rings is 1. The van der Waals surface area contributed by atoms with Gasteiger partial charge in [-0.05, 0) is 37.8 Å². The largest absolute Gasteiger partial charge is 0.339 e. The second-order valence-corrected chi connectivity index (χ2v) is 6.04. The van der Waals surface area contributed by atoms with Crippen LogP contribution in [-0.4, -0.2) is 16.2 Å². The van der Waals surface area contributed by atoms with E-state index in [4.69, 9.17) is 10.3 Å². The molecule has 0 aliphatic heterocycles. The lowest BCUT2D eigenvalue weighted by Crippen LogP contribution is -2.14. The lowest BCUT2D eigenvalue weighted by atomic mass is 10.1. The molecule has 0 radical (unpaired) electrons. The highest BCUT2D eigenvalue weighted by Crippen LogP contribution is 2.33. The fourth-order valence-electron chi connectivity index (χ4n) is 2.49. The van der Waals surface area contributed by atoms with Gasteiger partial charge in [-0.15, -0.1) is 0 Å². The van der Waals surface area contributed by atoms with Crippen LogP contribution in [0.2, 0.25) is 0 Å². The van der Waals surface area contributed by atoms with E-state index in [1.807, 2.05) is 18.2 Å². The first kappa shape index (κ1) is 12.8. The van der Waals surface area contributed by atoms with Crippen molar-refractivity contribution in [1.29, 1.82) is 0 Å². The standard InChI is InChI=1S/C14H16BrN3O/c1-8-2-3-9(7-12(8)15)13-17-14(19-18-13)10-4-5-11(16)6-10/h2-3,7,10-11H,4-6,16H2,1H3/t10-,11+/m1/s1. The Kier molecular flexibility index (Phi) is 3.41. The number of aryl methyl sites for hydroxylation is 1. The van der Waals surface area contributed by atoms with Gasteiger partial charge in [-0.3, -0.25) is 0 Å². The van der Waals surface area contributed by atoms with Gasteiger partial charge >= 0.3 is 0 Å². The lowest BCUT2D eigenvalue weighted by molar-refractivity contribution is 0.353. The van der Waals surface area contributed by atoms with E-state index in [1.165, 1.54) is 5.56 Å². The van der Waals surface area contributed by atoms with Crippen molar-refractivity contribution in [2.75, 3.05) is 0 Å². The molecule has 1 heterocycles. The van der Waals surface area contributed by atoms with Gasteiger partial charge in [-0.1, -0.05) is 33.2 Å². The summed E-state index contributed by atoms with van der Waals surface area (Å²) in [7, 11) is 0. The van der Waals surface area contributed by atoms with Gasteiger partial charge in [0.2, 0.25) is 11.7 Å². The first-order chi connectivity index (χ1) is 9.13. The third-order valence-corrected chi connectivity index (χ3v) is 4.55. The molecule has 5 heteroatoms. The molecule has 2 atom stereocenters. The molecule has 2 N–H and O–H groups in total. The average Bonchev–Trinajstić information content (AvgIpc) is 3.01. The smallest absolute Gasteiger partial charge is 0.230 e. The molecule has 1 aliphatic carbocycles. The van der Waals surface area contributed by atoms with Crippen molar-refractivity contribution in [3.63, 3.8) is 0 Å². The molecule has 19 heavy (non-hydrogen) atoms. The van der Waals surface area contributed by atoms with Gasteiger partial charge in [-0.25, -0.2) is 0 Å². The number of hydrogen-bond acceptors (Lipinski definition) is 4. The molecule has 1 aromatic carbocycles. The Labute approximate surface area is 120 Å². The van der Waals surface area contributed by atoms with Crippen molar-refractivity contribution in [2.24, 2.45) is 5.73 Å². The molecule has 0 bridgehead atoms. The maximum atomic E-state index is 5.92. The molecule has 2 aromatic rings. The van der Waals surface area contributed by atoms with Crippen LogP contribution < -0.4 is 5.73 Å². The van der Waals surface area contributed by atoms with Crippen molar-refractivity contribution >= 4 is 15.9 Å². The molecule has 1 aromatic heterocycles. The second kappa shape index (κ2) is 5.06. The highest BCUT2D eigenvalue weighted by Gasteiger charge is 2.28. The molecule has 1 fully saturated rings. The number of aromatic nitrogens is 2. The first-order valence-corrected chi connectivity index (χ1v) is 7.28. The van der Waals surface area contributed by atoms with Crippen LogP contribution in [0, 0.1) is 6.92 Å².